The molecule has 0 bridgehead atoms. The van der Waals surface area contributed by atoms with Gasteiger partial charge in [-0.2, -0.15) is 0 Å². The summed E-state index contributed by atoms with van der Waals surface area (Å²) in [4.78, 5) is 12.1. The van der Waals surface area contributed by atoms with E-state index in [-0.39, 0.29) is 11.9 Å². The topological polar surface area (TPSA) is 59.6 Å². The second kappa shape index (κ2) is 8.00. The molecule has 1 saturated heterocycles. The average molecular weight is 292 g/mol. The second-order valence-electron chi connectivity index (χ2n) is 5.33. The number of anilines is 1. The van der Waals surface area contributed by atoms with Crippen LogP contribution in [0.25, 0.3) is 0 Å². The van der Waals surface area contributed by atoms with Gasteiger partial charge in [0.15, 0.2) is 0 Å². The van der Waals surface area contributed by atoms with Gasteiger partial charge < -0.3 is 20.1 Å². The lowest BCUT2D eigenvalue weighted by molar-refractivity contribution is -0.117. The third-order valence-electron chi connectivity index (χ3n) is 3.30. The molecule has 1 atom stereocenters. The lowest BCUT2D eigenvalue weighted by Gasteiger charge is -2.23. The van der Waals surface area contributed by atoms with E-state index in [0.717, 1.165) is 30.0 Å². The van der Waals surface area contributed by atoms with Gasteiger partial charge in [-0.25, -0.2) is 0 Å². The number of benzene rings is 1. The van der Waals surface area contributed by atoms with Crippen LogP contribution in [0.3, 0.4) is 0 Å². The van der Waals surface area contributed by atoms with Crippen molar-refractivity contribution in [2.75, 3.05) is 31.7 Å². The van der Waals surface area contributed by atoms with Crippen molar-refractivity contribution in [1.82, 2.24) is 5.32 Å². The van der Waals surface area contributed by atoms with Crippen LogP contribution in [-0.4, -0.2) is 38.3 Å². The Morgan fingerprint density at radius 3 is 3.10 bits per heavy atom. The molecule has 1 amide bonds. The first-order valence-corrected chi connectivity index (χ1v) is 7.53. The van der Waals surface area contributed by atoms with Crippen LogP contribution in [0.2, 0.25) is 0 Å². The highest BCUT2D eigenvalue weighted by molar-refractivity contribution is 5.92. The molecule has 21 heavy (non-hydrogen) atoms. The van der Waals surface area contributed by atoms with Crippen molar-refractivity contribution in [2.45, 2.75) is 32.7 Å². The first-order valence-electron chi connectivity index (χ1n) is 7.53. The number of nitrogens with one attached hydrogen (secondary N) is 2. The number of ether oxygens (including phenoxy) is 2. The number of aryl methyl sites for hydroxylation is 1. The minimum atomic E-state index is -0.0248. The van der Waals surface area contributed by atoms with Crippen LogP contribution in [0.5, 0.6) is 5.75 Å². The molecule has 1 fully saturated rings. The smallest absolute Gasteiger partial charge is 0.226 e. The Kier molecular flexibility index (Phi) is 6.02. The minimum Gasteiger partial charge on any atom is -0.491 e. The molecule has 2 rings (SSSR count). The molecule has 2 N–H and O–H groups in total. The molecule has 0 radical (unpaired) electrons. The maximum absolute atomic E-state index is 12.1. The van der Waals surface area contributed by atoms with Crippen molar-refractivity contribution in [3.63, 3.8) is 0 Å². The molecule has 0 aliphatic carbocycles. The highest BCUT2D eigenvalue weighted by atomic mass is 16.5. The van der Waals surface area contributed by atoms with Crippen LogP contribution >= 0.6 is 0 Å². The predicted octanol–water partition coefficient (Wildman–Crippen LogP) is 2.10. The van der Waals surface area contributed by atoms with Gasteiger partial charge >= 0.3 is 0 Å². The number of morpholine rings is 1. The van der Waals surface area contributed by atoms with Crippen LogP contribution in [0, 0.1) is 6.92 Å². The summed E-state index contributed by atoms with van der Waals surface area (Å²) in [6, 6.07) is 5.90. The number of carbonyl (C=O) groups excluding carboxylic acids is 1. The van der Waals surface area contributed by atoms with Crippen LogP contribution in [0.1, 0.15) is 25.3 Å². The van der Waals surface area contributed by atoms with Gasteiger partial charge in [-0.05, 0) is 31.0 Å². The zero-order chi connectivity index (χ0) is 15.1. The van der Waals surface area contributed by atoms with E-state index in [9.17, 15) is 4.79 Å². The fourth-order valence-electron chi connectivity index (χ4n) is 2.24. The fraction of sp³-hybridized carbons (Fsp3) is 0.562. The maximum atomic E-state index is 12.1. The summed E-state index contributed by atoms with van der Waals surface area (Å²) in [5.74, 6) is 0.709. The number of rotatable bonds is 6. The summed E-state index contributed by atoms with van der Waals surface area (Å²) in [5.41, 5.74) is 1.84. The molecule has 1 aliphatic rings. The molecule has 1 aliphatic heterocycles. The minimum absolute atomic E-state index is 0.0248. The third kappa shape index (κ3) is 5.02. The van der Waals surface area contributed by atoms with Crippen molar-refractivity contribution in [3.8, 4) is 5.75 Å². The second-order valence-corrected chi connectivity index (χ2v) is 5.33. The first-order chi connectivity index (χ1) is 10.2. The third-order valence-corrected chi connectivity index (χ3v) is 3.30. The van der Waals surface area contributed by atoms with E-state index in [1.54, 1.807) is 0 Å². The molecule has 1 aromatic rings. The van der Waals surface area contributed by atoms with Gasteiger partial charge in [0.1, 0.15) is 5.75 Å². The van der Waals surface area contributed by atoms with Crippen LogP contribution in [0.4, 0.5) is 5.69 Å². The Morgan fingerprint density at radius 2 is 2.38 bits per heavy atom. The number of hydrogen-bond donors (Lipinski definition) is 2. The largest absolute Gasteiger partial charge is 0.491 e. The number of hydrogen-bond acceptors (Lipinski definition) is 4. The van der Waals surface area contributed by atoms with Crippen LogP contribution in [-0.2, 0) is 9.53 Å². The molecule has 1 heterocycles. The molecular formula is C16H24N2O3. The molecule has 5 heteroatoms. The van der Waals surface area contributed by atoms with E-state index in [1.807, 2.05) is 25.1 Å². The quantitative estimate of drug-likeness (QED) is 0.843. The SMILES string of the molecule is CCCOc1cc(C)ccc1NC(=O)CC1COCCN1. The van der Waals surface area contributed by atoms with Crippen LogP contribution in [0.15, 0.2) is 18.2 Å². The molecule has 0 spiro atoms. The van der Waals surface area contributed by atoms with Gasteiger partial charge in [0.2, 0.25) is 5.91 Å². The monoisotopic (exact) mass is 292 g/mol. The van der Waals surface area contributed by atoms with Gasteiger partial charge in [0.05, 0.1) is 25.5 Å². The van der Waals surface area contributed by atoms with E-state index < -0.39 is 0 Å². The van der Waals surface area contributed by atoms with Gasteiger partial charge in [-0.1, -0.05) is 13.0 Å². The first kappa shape index (κ1) is 15.8. The summed E-state index contributed by atoms with van der Waals surface area (Å²) in [7, 11) is 0. The number of amides is 1. The van der Waals surface area contributed by atoms with Crippen molar-refractivity contribution in [2.24, 2.45) is 0 Å². The van der Waals surface area contributed by atoms with Crippen LogP contribution < -0.4 is 15.4 Å². The van der Waals surface area contributed by atoms with E-state index in [4.69, 9.17) is 9.47 Å². The molecule has 1 aromatic carbocycles. The zero-order valence-corrected chi connectivity index (χ0v) is 12.8. The average Bonchev–Trinajstić information content (AvgIpc) is 2.48. The van der Waals surface area contributed by atoms with Crippen molar-refractivity contribution in [3.05, 3.63) is 23.8 Å². The molecule has 0 saturated carbocycles. The highest BCUT2D eigenvalue weighted by Crippen LogP contribution is 2.26. The summed E-state index contributed by atoms with van der Waals surface area (Å²) < 4.78 is 11.1. The summed E-state index contributed by atoms with van der Waals surface area (Å²) >= 11 is 0. The van der Waals surface area contributed by atoms with Gasteiger partial charge in [0, 0.05) is 19.0 Å². The van der Waals surface area contributed by atoms with E-state index >= 15 is 0 Å². The van der Waals surface area contributed by atoms with Gasteiger partial charge in [-0.3, -0.25) is 4.79 Å². The fourth-order valence-corrected chi connectivity index (χ4v) is 2.24. The van der Waals surface area contributed by atoms with E-state index in [0.29, 0.717) is 26.2 Å². The molecule has 0 aromatic heterocycles. The van der Waals surface area contributed by atoms with Gasteiger partial charge in [0.25, 0.3) is 0 Å². The standard InChI is InChI=1S/C16H24N2O3/c1-3-7-21-15-9-12(2)4-5-14(15)18-16(19)10-13-11-20-8-6-17-13/h4-5,9,13,17H,3,6-8,10-11H2,1-2H3,(H,18,19). The Bertz CT molecular complexity index is 471. The Hall–Kier alpha value is -1.59. The Labute approximate surface area is 126 Å². The molecule has 116 valence electrons. The lowest BCUT2D eigenvalue weighted by atomic mass is 10.1. The zero-order valence-electron chi connectivity index (χ0n) is 12.8. The predicted molar refractivity (Wildman–Crippen MR) is 82.8 cm³/mol. The summed E-state index contributed by atoms with van der Waals surface area (Å²) in [6.45, 7) is 6.81. The summed E-state index contributed by atoms with van der Waals surface area (Å²) in [5, 5.41) is 6.21. The lowest BCUT2D eigenvalue weighted by Crippen LogP contribution is -2.43. The highest BCUT2D eigenvalue weighted by Gasteiger charge is 2.17. The Balaban J connectivity index is 1.95. The Morgan fingerprint density at radius 1 is 1.52 bits per heavy atom. The van der Waals surface area contributed by atoms with Gasteiger partial charge in [-0.15, -0.1) is 0 Å². The molecule has 1 unspecified atom stereocenters. The van der Waals surface area contributed by atoms with Crippen molar-refractivity contribution >= 4 is 11.6 Å². The van der Waals surface area contributed by atoms with E-state index in [2.05, 4.69) is 17.6 Å². The number of carbonyl (C=O) groups is 1. The molecule has 5 nitrogen and oxygen atoms in total. The maximum Gasteiger partial charge on any atom is 0.226 e. The van der Waals surface area contributed by atoms with E-state index in [1.165, 1.54) is 0 Å². The summed E-state index contributed by atoms with van der Waals surface area (Å²) in [6.07, 6.45) is 1.34. The normalized spacial score (nSPS) is 18.3. The molecular weight excluding hydrogens is 268 g/mol. The van der Waals surface area contributed by atoms with Crippen molar-refractivity contribution < 1.29 is 14.3 Å². The van der Waals surface area contributed by atoms with Crippen molar-refractivity contribution in [1.29, 1.82) is 0 Å².